The van der Waals surface area contributed by atoms with E-state index in [1.807, 2.05) is 0 Å². The smallest absolute Gasteiger partial charge is 0.350 e. The fraction of sp³-hybridized carbons (Fsp3) is 0.381. The molecule has 1 spiro atoms. The van der Waals surface area contributed by atoms with E-state index in [1.165, 1.54) is 48.5 Å². The van der Waals surface area contributed by atoms with Gasteiger partial charge in [0.2, 0.25) is 11.4 Å². The number of likely N-dealkylation sites (tertiary alicyclic amines) is 1. The standard InChI is InChI=1S/C21H22F2NO3/c1-24(2)13-11-20(12-14-24)26-19(25)21(27-20,15-3-7-17(22)8-4-15)16-5-9-18(23)10-6-16/h3-10H,11-14H2,1-2H3/q+1. The summed E-state index contributed by atoms with van der Waals surface area (Å²) >= 11 is 0. The van der Waals surface area contributed by atoms with Crippen molar-refractivity contribution in [3.63, 3.8) is 0 Å². The van der Waals surface area contributed by atoms with Crippen molar-refractivity contribution in [3.8, 4) is 0 Å². The minimum atomic E-state index is -1.53. The molecule has 6 heteroatoms. The largest absolute Gasteiger partial charge is 0.430 e. The van der Waals surface area contributed by atoms with Crippen molar-refractivity contribution in [1.29, 1.82) is 0 Å². The topological polar surface area (TPSA) is 35.5 Å². The second-order valence-electron chi connectivity index (χ2n) is 7.98. The minimum Gasteiger partial charge on any atom is -0.430 e. The van der Waals surface area contributed by atoms with Crippen LogP contribution in [-0.4, -0.2) is 43.4 Å². The second kappa shape index (κ2) is 6.11. The van der Waals surface area contributed by atoms with Crippen molar-refractivity contribution in [2.45, 2.75) is 24.2 Å². The third-order valence-corrected chi connectivity index (χ3v) is 5.60. The van der Waals surface area contributed by atoms with Crippen LogP contribution in [0, 0.1) is 11.6 Å². The Balaban J connectivity index is 1.80. The molecule has 0 N–H and O–H groups in total. The highest BCUT2D eigenvalue weighted by Gasteiger charge is 2.61. The van der Waals surface area contributed by atoms with Crippen molar-refractivity contribution in [3.05, 3.63) is 71.3 Å². The predicted molar refractivity (Wildman–Crippen MR) is 94.6 cm³/mol. The van der Waals surface area contributed by atoms with Gasteiger partial charge in [-0.05, 0) is 35.4 Å². The van der Waals surface area contributed by atoms with Gasteiger partial charge in [0.05, 0.1) is 40.0 Å². The summed E-state index contributed by atoms with van der Waals surface area (Å²) in [5, 5.41) is 0. The van der Waals surface area contributed by atoms with Gasteiger partial charge in [0.15, 0.2) is 0 Å². The first-order valence-electron chi connectivity index (χ1n) is 9.03. The molecule has 0 saturated carbocycles. The fourth-order valence-corrected chi connectivity index (χ4v) is 3.86. The SMILES string of the molecule is C[N+]1(C)CCC2(CC1)OC(=O)C(c1ccc(F)cc1)(c1ccc(F)cc1)O2. The highest BCUT2D eigenvalue weighted by molar-refractivity contribution is 5.87. The molecule has 2 aliphatic rings. The molecule has 27 heavy (non-hydrogen) atoms. The Morgan fingerprint density at radius 3 is 1.74 bits per heavy atom. The zero-order chi connectivity index (χ0) is 19.3. The van der Waals surface area contributed by atoms with Crippen LogP contribution in [0.5, 0.6) is 0 Å². The van der Waals surface area contributed by atoms with E-state index < -0.39 is 29.0 Å². The van der Waals surface area contributed by atoms with Crippen LogP contribution in [0.3, 0.4) is 0 Å². The summed E-state index contributed by atoms with van der Waals surface area (Å²) in [4.78, 5) is 13.2. The summed E-state index contributed by atoms with van der Waals surface area (Å²) in [6.07, 6.45) is 1.13. The number of carbonyl (C=O) groups is 1. The molecule has 4 nitrogen and oxygen atoms in total. The Bertz CT molecular complexity index is 807. The van der Waals surface area contributed by atoms with Crippen LogP contribution >= 0.6 is 0 Å². The molecule has 2 aliphatic heterocycles. The van der Waals surface area contributed by atoms with E-state index in [1.54, 1.807) is 0 Å². The zero-order valence-corrected chi connectivity index (χ0v) is 15.4. The molecule has 4 rings (SSSR count). The molecule has 0 aromatic heterocycles. The second-order valence-corrected chi connectivity index (χ2v) is 7.98. The number of quaternary nitrogens is 1. The Hall–Kier alpha value is -2.31. The van der Waals surface area contributed by atoms with Crippen molar-refractivity contribution in [1.82, 2.24) is 0 Å². The zero-order valence-electron chi connectivity index (χ0n) is 15.4. The highest BCUT2D eigenvalue weighted by atomic mass is 19.1. The molecule has 142 valence electrons. The lowest BCUT2D eigenvalue weighted by atomic mass is 9.86. The van der Waals surface area contributed by atoms with Crippen molar-refractivity contribution < 1.29 is 27.5 Å². The van der Waals surface area contributed by atoms with E-state index in [0.29, 0.717) is 24.0 Å². The van der Waals surface area contributed by atoms with Gasteiger partial charge >= 0.3 is 5.97 Å². The summed E-state index contributed by atoms with van der Waals surface area (Å²) < 4.78 is 40.0. The molecule has 2 aromatic rings. The number of piperidine rings is 1. The number of rotatable bonds is 2. The van der Waals surface area contributed by atoms with Crippen LogP contribution in [0.1, 0.15) is 24.0 Å². The normalized spacial score (nSPS) is 22.6. The summed E-state index contributed by atoms with van der Waals surface area (Å²) in [5.41, 5.74) is -0.594. The summed E-state index contributed by atoms with van der Waals surface area (Å²) in [5.74, 6) is -2.39. The maximum absolute atomic E-state index is 13.5. The van der Waals surface area contributed by atoms with Crippen LogP contribution in [0.2, 0.25) is 0 Å². The lowest BCUT2D eigenvalue weighted by Crippen LogP contribution is -2.53. The third kappa shape index (κ3) is 3.03. The van der Waals surface area contributed by atoms with E-state index in [2.05, 4.69) is 14.1 Å². The summed E-state index contributed by atoms with van der Waals surface area (Å²) in [6.45, 7) is 1.60. The van der Waals surface area contributed by atoms with Gasteiger partial charge in [0.1, 0.15) is 11.6 Å². The van der Waals surface area contributed by atoms with Crippen LogP contribution in [0.25, 0.3) is 0 Å². The van der Waals surface area contributed by atoms with Crippen molar-refractivity contribution in [2.24, 2.45) is 0 Å². The molecule has 0 atom stereocenters. The first-order chi connectivity index (χ1) is 12.7. The van der Waals surface area contributed by atoms with Gasteiger partial charge in [-0.3, -0.25) is 0 Å². The van der Waals surface area contributed by atoms with Crippen LogP contribution < -0.4 is 0 Å². The molecule has 0 aliphatic carbocycles. The van der Waals surface area contributed by atoms with Crippen LogP contribution in [0.4, 0.5) is 8.78 Å². The van der Waals surface area contributed by atoms with E-state index in [-0.39, 0.29) is 0 Å². The highest BCUT2D eigenvalue weighted by Crippen LogP contribution is 2.49. The summed E-state index contributed by atoms with van der Waals surface area (Å²) in [7, 11) is 4.24. The predicted octanol–water partition coefficient (Wildman–Crippen LogP) is 3.35. The van der Waals surface area contributed by atoms with Crippen molar-refractivity contribution in [2.75, 3.05) is 27.2 Å². The van der Waals surface area contributed by atoms with E-state index in [9.17, 15) is 13.6 Å². The lowest BCUT2D eigenvalue weighted by Gasteiger charge is -2.41. The van der Waals surface area contributed by atoms with Gasteiger partial charge in [0, 0.05) is 0 Å². The minimum absolute atomic E-state index is 0.411. The molecule has 2 saturated heterocycles. The van der Waals surface area contributed by atoms with Gasteiger partial charge in [-0.15, -0.1) is 0 Å². The Labute approximate surface area is 156 Å². The number of benzene rings is 2. The quantitative estimate of drug-likeness (QED) is 0.597. The average Bonchev–Trinajstić information content (AvgIpc) is 2.93. The van der Waals surface area contributed by atoms with Gasteiger partial charge < -0.3 is 14.0 Å². The molecule has 2 fully saturated rings. The van der Waals surface area contributed by atoms with E-state index in [4.69, 9.17) is 9.47 Å². The maximum atomic E-state index is 13.5. The van der Waals surface area contributed by atoms with Gasteiger partial charge in [0.25, 0.3) is 0 Å². The Kier molecular flexibility index (Phi) is 4.09. The average molecular weight is 374 g/mol. The molecule has 0 bridgehead atoms. The lowest BCUT2D eigenvalue weighted by molar-refractivity contribution is -0.898. The molecular weight excluding hydrogens is 352 g/mol. The van der Waals surface area contributed by atoms with Gasteiger partial charge in [-0.2, -0.15) is 0 Å². The van der Waals surface area contributed by atoms with Crippen molar-refractivity contribution >= 4 is 5.97 Å². The molecular formula is C21H22F2NO3+. The van der Waals surface area contributed by atoms with Gasteiger partial charge in [-0.25, -0.2) is 13.6 Å². The van der Waals surface area contributed by atoms with E-state index >= 15 is 0 Å². The Morgan fingerprint density at radius 2 is 1.30 bits per heavy atom. The van der Waals surface area contributed by atoms with E-state index in [0.717, 1.165) is 17.6 Å². The summed E-state index contributed by atoms with van der Waals surface area (Å²) in [6, 6.07) is 11.2. The molecule has 0 unspecified atom stereocenters. The monoisotopic (exact) mass is 374 g/mol. The maximum Gasteiger partial charge on any atom is 0.350 e. The first kappa shape index (κ1) is 18.1. The molecule has 2 aromatic carbocycles. The number of carbonyl (C=O) groups excluding carboxylic acids is 1. The van der Waals surface area contributed by atoms with Crippen LogP contribution in [0.15, 0.2) is 48.5 Å². The number of esters is 1. The number of ether oxygens (including phenoxy) is 2. The number of nitrogens with zero attached hydrogens (tertiary/aromatic N) is 1. The Morgan fingerprint density at radius 1 is 0.852 bits per heavy atom. The van der Waals surface area contributed by atoms with Gasteiger partial charge in [-0.1, -0.05) is 24.3 Å². The fourth-order valence-electron chi connectivity index (χ4n) is 3.86. The first-order valence-corrected chi connectivity index (χ1v) is 9.03. The number of hydrogen-bond donors (Lipinski definition) is 0. The van der Waals surface area contributed by atoms with Crippen LogP contribution in [-0.2, 0) is 19.9 Å². The third-order valence-electron chi connectivity index (χ3n) is 5.60. The molecule has 0 radical (unpaired) electrons. The number of halogens is 2. The molecule has 2 heterocycles. The number of hydrogen-bond acceptors (Lipinski definition) is 3. The molecule has 0 amide bonds.